The predicted octanol–water partition coefficient (Wildman–Crippen LogP) is 1.75. The molecule has 2 aromatic rings. The Kier molecular flexibility index (Phi) is 5.53. The van der Waals surface area contributed by atoms with E-state index in [1.807, 2.05) is 19.1 Å². The molecule has 24 heavy (non-hydrogen) atoms. The van der Waals surface area contributed by atoms with E-state index in [0.29, 0.717) is 18.2 Å². The molecule has 7 nitrogen and oxygen atoms in total. The van der Waals surface area contributed by atoms with Crippen LogP contribution in [0.2, 0.25) is 0 Å². The predicted molar refractivity (Wildman–Crippen MR) is 91.0 cm³/mol. The van der Waals surface area contributed by atoms with Crippen molar-refractivity contribution in [1.29, 1.82) is 0 Å². The molecule has 0 bridgehead atoms. The molecule has 128 valence electrons. The maximum atomic E-state index is 12.4. The van der Waals surface area contributed by atoms with Gasteiger partial charge in [0, 0.05) is 18.0 Å². The zero-order chi connectivity index (χ0) is 16.8. The van der Waals surface area contributed by atoms with Crippen LogP contribution in [-0.4, -0.2) is 50.1 Å². The van der Waals surface area contributed by atoms with Gasteiger partial charge in [0.1, 0.15) is 5.82 Å². The van der Waals surface area contributed by atoms with Crippen molar-refractivity contribution in [2.24, 2.45) is 0 Å². The SMILES string of the molecule is C[C@H](C(=O)NCc1nc(-c2cccnc2)n[nH]1)N1CCCCCC1. The summed E-state index contributed by atoms with van der Waals surface area (Å²) < 4.78 is 0. The molecule has 0 radical (unpaired) electrons. The van der Waals surface area contributed by atoms with Crippen molar-refractivity contribution >= 4 is 5.91 Å². The Hall–Kier alpha value is -2.28. The van der Waals surface area contributed by atoms with Crippen molar-refractivity contribution in [3.05, 3.63) is 30.4 Å². The molecule has 0 saturated carbocycles. The lowest BCUT2D eigenvalue weighted by atomic mass is 10.2. The van der Waals surface area contributed by atoms with E-state index in [4.69, 9.17) is 0 Å². The molecule has 1 amide bonds. The second-order valence-electron chi connectivity index (χ2n) is 6.19. The minimum absolute atomic E-state index is 0.0382. The van der Waals surface area contributed by atoms with Crippen molar-refractivity contribution in [3.8, 4) is 11.4 Å². The van der Waals surface area contributed by atoms with Gasteiger partial charge in [0.2, 0.25) is 5.91 Å². The van der Waals surface area contributed by atoms with Crippen LogP contribution in [-0.2, 0) is 11.3 Å². The number of pyridine rings is 1. The molecule has 2 aromatic heterocycles. The second kappa shape index (κ2) is 8.01. The minimum Gasteiger partial charge on any atom is -0.347 e. The molecule has 7 heteroatoms. The Bertz CT molecular complexity index is 648. The number of H-pyrrole nitrogens is 1. The van der Waals surface area contributed by atoms with Crippen molar-refractivity contribution in [2.45, 2.75) is 45.2 Å². The van der Waals surface area contributed by atoms with Crippen LogP contribution in [0.15, 0.2) is 24.5 Å². The first-order chi connectivity index (χ1) is 11.7. The normalized spacial score (nSPS) is 17.2. The summed E-state index contributed by atoms with van der Waals surface area (Å²) in [6, 6.07) is 3.64. The monoisotopic (exact) mass is 328 g/mol. The second-order valence-corrected chi connectivity index (χ2v) is 6.19. The van der Waals surface area contributed by atoms with Crippen LogP contribution < -0.4 is 5.32 Å². The third-order valence-electron chi connectivity index (χ3n) is 4.45. The van der Waals surface area contributed by atoms with Crippen LogP contribution >= 0.6 is 0 Å². The topological polar surface area (TPSA) is 86.8 Å². The van der Waals surface area contributed by atoms with Gasteiger partial charge in [0.05, 0.1) is 12.6 Å². The highest BCUT2D eigenvalue weighted by Crippen LogP contribution is 2.13. The lowest BCUT2D eigenvalue weighted by Gasteiger charge is -2.26. The number of carbonyl (C=O) groups excluding carboxylic acids is 1. The fraction of sp³-hybridized carbons (Fsp3) is 0.529. The highest BCUT2D eigenvalue weighted by atomic mass is 16.2. The quantitative estimate of drug-likeness (QED) is 0.873. The maximum absolute atomic E-state index is 12.4. The average Bonchev–Trinajstić information content (AvgIpc) is 2.93. The number of amides is 1. The summed E-state index contributed by atoms with van der Waals surface area (Å²) in [5.41, 5.74) is 0.851. The molecule has 1 atom stereocenters. The molecular formula is C17H24N6O. The average molecular weight is 328 g/mol. The van der Waals surface area contributed by atoms with Crippen LogP contribution in [0.1, 0.15) is 38.4 Å². The van der Waals surface area contributed by atoms with E-state index in [2.05, 4.69) is 30.4 Å². The first-order valence-electron chi connectivity index (χ1n) is 8.57. The molecule has 0 unspecified atom stereocenters. The molecule has 3 heterocycles. The van der Waals surface area contributed by atoms with Crippen LogP contribution in [0.4, 0.5) is 0 Å². The standard InChI is InChI=1S/C17H24N6O/c1-13(23-9-4-2-3-5-10-23)17(24)19-12-15-20-16(22-21-15)14-7-6-8-18-11-14/h6-8,11,13H,2-5,9-10,12H2,1H3,(H,19,24)(H,20,21,22)/t13-/m1/s1. The summed E-state index contributed by atoms with van der Waals surface area (Å²) in [6.45, 7) is 4.33. The van der Waals surface area contributed by atoms with E-state index in [1.165, 1.54) is 25.7 Å². The van der Waals surface area contributed by atoms with Gasteiger partial charge >= 0.3 is 0 Å². The van der Waals surface area contributed by atoms with Gasteiger partial charge in [-0.2, -0.15) is 5.10 Å². The lowest BCUT2D eigenvalue weighted by Crippen LogP contribution is -2.45. The van der Waals surface area contributed by atoms with E-state index in [1.54, 1.807) is 12.4 Å². The number of hydrogen-bond acceptors (Lipinski definition) is 5. The third kappa shape index (κ3) is 4.17. The Labute approximate surface area is 141 Å². The number of hydrogen-bond donors (Lipinski definition) is 2. The fourth-order valence-corrected chi connectivity index (χ4v) is 2.97. The first kappa shape index (κ1) is 16.6. The Morgan fingerprint density at radius 3 is 2.83 bits per heavy atom. The largest absolute Gasteiger partial charge is 0.347 e. The molecule has 3 rings (SSSR count). The molecule has 0 aliphatic carbocycles. The minimum atomic E-state index is -0.108. The molecular weight excluding hydrogens is 304 g/mol. The van der Waals surface area contributed by atoms with E-state index in [9.17, 15) is 4.79 Å². The van der Waals surface area contributed by atoms with Gasteiger partial charge in [-0.1, -0.05) is 12.8 Å². The summed E-state index contributed by atoms with van der Waals surface area (Å²) in [5, 5.41) is 10.00. The van der Waals surface area contributed by atoms with Crippen molar-refractivity contribution < 1.29 is 4.79 Å². The van der Waals surface area contributed by atoms with E-state index < -0.39 is 0 Å². The first-order valence-corrected chi connectivity index (χ1v) is 8.57. The number of nitrogens with one attached hydrogen (secondary N) is 2. The van der Waals surface area contributed by atoms with Crippen LogP contribution in [0.3, 0.4) is 0 Å². The molecule has 0 spiro atoms. The van der Waals surface area contributed by atoms with Crippen molar-refractivity contribution in [3.63, 3.8) is 0 Å². The van der Waals surface area contributed by atoms with Gasteiger partial charge in [-0.15, -0.1) is 0 Å². The number of rotatable bonds is 5. The number of aromatic nitrogens is 4. The summed E-state index contributed by atoms with van der Waals surface area (Å²) in [7, 11) is 0. The van der Waals surface area contributed by atoms with Gasteiger partial charge in [-0.05, 0) is 45.0 Å². The van der Waals surface area contributed by atoms with E-state index in [0.717, 1.165) is 18.7 Å². The lowest BCUT2D eigenvalue weighted by molar-refractivity contribution is -0.126. The van der Waals surface area contributed by atoms with Gasteiger partial charge in [-0.25, -0.2) is 4.98 Å². The van der Waals surface area contributed by atoms with E-state index >= 15 is 0 Å². The summed E-state index contributed by atoms with van der Waals surface area (Å²) in [6.07, 6.45) is 8.30. The van der Waals surface area contributed by atoms with Crippen molar-refractivity contribution in [2.75, 3.05) is 13.1 Å². The van der Waals surface area contributed by atoms with E-state index in [-0.39, 0.29) is 11.9 Å². The zero-order valence-electron chi connectivity index (χ0n) is 14.0. The fourth-order valence-electron chi connectivity index (χ4n) is 2.97. The zero-order valence-corrected chi connectivity index (χ0v) is 14.0. The highest BCUT2D eigenvalue weighted by Gasteiger charge is 2.22. The molecule has 2 N–H and O–H groups in total. The number of nitrogens with zero attached hydrogens (tertiary/aromatic N) is 4. The van der Waals surface area contributed by atoms with Crippen LogP contribution in [0.5, 0.6) is 0 Å². The van der Waals surface area contributed by atoms with Gasteiger partial charge in [-0.3, -0.25) is 19.8 Å². The third-order valence-corrected chi connectivity index (χ3v) is 4.45. The molecule has 1 aliphatic rings. The number of aromatic amines is 1. The van der Waals surface area contributed by atoms with Crippen molar-refractivity contribution in [1.82, 2.24) is 30.4 Å². The molecule has 1 fully saturated rings. The summed E-state index contributed by atoms with van der Waals surface area (Å²) in [4.78, 5) is 23.1. The Morgan fingerprint density at radius 1 is 1.33 bits per heavy atom. The van der Waals surface area contributed by atoms with Crippen LogP contribution in [0.25, 0.3) is 11.4 Å². The summed E-state index contributed by atoms with van der Waals surface area (Å²) >= 11 is 0. The number of likely N-dealkylation sites (tertiary alicyclic amines) is 1. The number of carbonyl (C=O) groups is 1. The summed E-state index contributed by atoms with van der Waals surface area (Å²) in [5.74, 6) is 1.27. The Balaban J connectivity index is 1.53. The molecule has 1 aliphatic heterocycles. The van der Waals surface area contributed by atoms with Gasteiger partial charge in [0.25, 0.3) is 0 Å². The smallest absolute Gasteiger partial charge is 0.237 e. The van der Waals surface area contributed by atoms with Crippen LogP contribution in [0, 0.1) is 0 Å². The molecule has 0 aromatic carbocycles. The molecule has 1 saturated heterocycles. The Morgan fingerprint density at radius 2 is 2.12 bits per heavy atom. The van der Waals surface area contributed by atoms with Gasteiger partial charge < -0.3 is 5.32 Å². The highest BCUT2D eigenvalue weighted by molar-refractivity contribution is 5.81. The maximum Gasteiger partial charge on any atom is 0.237 e. The van der Waals surface area contributed by atoms with Gasteiger partial charge in [0.15, 0.2) is 5.82 Å².